The molecular formula is C17H16FN3OS. The van der Waals surface area contributed by atoms with E-state index in [9.17, 15) is 9.18 Å². The number of nitrogens with one attached hydrogen (secondary N) is 1. The Labute approximate surface area is 138 Å². The summed E-state index contributed by atoms with van der Waals surface area (Å²) in [5.74, 6) is -0.421. The third kappa shape index (κ3) is 2.94. The Morgan fingerprint density at radius 1 is 1.30 bits per heavy atom. The van der Waals surface area contributed by atoms with Gasteiger partial charge in [0.15, 0.2) is 5.17 Å². The van der Waals surface area contributed by atoms with Crippen LogP contribution >= 0.6 is 11.8 Å². The molecule has 0 aliphatic carbocycles. The van der Waals surface area contributed by atoms with Crippen molar-refractivity contribution in [2.45, 2.75) is 13.8 Å². The summed E-state index contributed by atoms with van der Waals surface area (Å²) in [6, 6.07) is 8.45. The average molecular weight is 329 g/mol. The lowest BCUT2D eigenvalue weighted by molar-refractivity contribution is -0.115. The van der Waals surface area contributed by atoms with E-state index in [1.54, 1.807) is 13.1 Å². The molecule has 1 N–H and O–H groups in total. The van der Waals surface area contributed by atoms with Gasteiger partial charge in [0, 0.05) is 24.1 Å². The fraction of sp³-hybridized carbons (Fsp3) is 0.176. The fourth-order valence-electron chi connectivity index (χ4n) is 2.62. The second kappa shape index (κ2) is 6.04. The van der Waals surface area contributed by atoms with Crippen LogP contribution in [0.1, 0.15) is 17.0 Å². The number of carbonyl (C=O) groups is 1. The molecule has 3 rings (SSSR count). The molecule has 1 aromatic heterocycles. The smallest absolute Gasteiger partial charge is 0.264 e. The van der Waals surface area contributed by atoms with Crippen LogP contribution < -0.4 is 5.32 Å². The normalized spacial score (nSPS) is 18.0. The summed E-state index contributed by atoms with van der Waals surface area (Å²) in [4.78, 5) is 16.5. The van der Waals surface area contributed by atoms with Gasteiger partial charge in [-0.1, -0.05) is 6.07 Å². The number of aromatic nitrogens is 1. The van der Waals surface area contributed by atoms with Crippen molar-refractivity contribution in [1.29, 1.82) is 0 Å². The van der Waals surface area contributed by atoms with Gasteiger partial charge >= 0.3 is 0 Å². The molecule has 1 aromatic carbocycles. The van der Waals surface area contributed by atoms with Gasteiger partial charge in [-0.3, -0.25) is 9.79 Å². The molecule has 1 amide bonds. The number of rotatable bonds is 2. The molecule has 0 radical (unpaired) electrons. The molecule has 0 spiro atoms. The summed E-state index contributed by atoms with van der Waals surface area (Å²) in [6.45, 7) is 3.91. The van der Waals surface area contributed by atoms with Crippen molar-refractivity contribution in [1.82, 2.24) is 9.88 Å². The lowest BCUT2D eigenvalue weighted by Gasteiger charge is -2.09. The zero-order valence-electron chi connectivity index (χ0n) is 13.1. The molecule has 1 fully saturated rings. The summed E-state index contributed by atoms with van der Waals surface area (Å²) >= 11 is 1.32. The van der Waals surface area contributed by atoms with E-state index < -0.39 is 0 Å². The van der Waals surface area contributed by atoms with E-state index in [4.69, 9.17) is 0 Å². The number of amides is 1. The summed E-state index contributed by atoms with van der Waals surface area (Å²) in [7, 11) is 1.64. The predicted molar refractivity (Wildman–Crippen MR) is 92.3 cm³/mol. The van der Waals surface area contributed by atoms with Crippen LogP contribution in [0.2, 0.25) is 0 Å². The first kappa shape index (κ1) is 15.6. The first-order valence-electron chi connectivity index (χ1n) is 7.12. The SMILES string of the molecule is CN=C1NC(=O)/C(=C\c2cc(C)n(-c3cccc(F)c3)c2C)S1. The van der Waals surface area contributed by atoms with E-state index in [0.29, 0.717) is 10.1 Å². The molecule has 0 atom stereocenters. The lowest BCUT2D eigenvalue weighted by atomic mass is 10.2. The zero-order valence-corrected chi connectivity index (χ0v) is 13.9. The van der Waals surface area contributed by atoms with Gasteiger partial charge in [0.1, 0.15) is 5.82 Å². The van der Waals surface area contributed by atoms with E-state index >= 15 is 0 Å². The van der Waals surface area contributed by atoms with E-state index in [1.165, 1.54) is 23.9 Å². The maximum atomic E-state index is 13.5. The van der Waals surface area contributed by atoms with Crippen LogP contribution in [0.15, 0.2) is 40.2 Å². The van der Waals surface area contributed by atoms with E-state index in [1.807, 2.05) is 36.6 Å². The second-order valence-electron chi connectivity index (χ2n) is 5.24. The highest BCUT2D eigenvalue weighted by Crippen LogP contribution is 2.29. The highest BCUT2D eigenvalue weighted by atomic mass is 32.2. The molecule has 6 heteroatoms. The van der Waals surface area contributed by atoms with Gasteiger partial charge in [0.2, 0.25) is 0 Å². The molecule has 1 aliphatic heterocycles. The minimum atomic E-state index is -0.274. The summed E-state index contributed by atoms with van der Waals surface area (Å²) < 4.78 is 15.5. The van der Waals surface area contributed by atoms with Crippen molar-refractivity contribution in [2.24, 2.45) is 4.99 Å². The van der Waals surface area contributed by atoms with Crippen molar-refractivity contribution in [3.63, 3.8) is 0 Å². The van der Waals surface area contributed by atoms with Gasteiger partial charge in [-0.2, -0.15) is 0 Å². The van der Waals surface area contributed by atoms with E-state index in [-0.39, 0.29) is 11.7 Å². The van der Waals surface area contributed by atoms with Crippen LogP contribution in [0.25, 0.3) is 11.8 Å². The number of hydrogen-bond donors (Lipinski definition) is 1. The number of aliphatic imine (C=N–C) groups is 1. The predicted octanol–water partition coefficient (Wildman–Crippen LogP) is 3.42. The van der Waals surface area contributed by atoms with Crippen LogP contribution in [0.4, 0.5) is 4.39 Å². The van der Waals surface area contributed by atoms with Crippen molar-refractivity contribution in [2.75, 3.05) is 7.05 Å². The Kier molecular flexibility index (Phi) is 4.09. The molecule has 0 bridgehead atoms. The fourth-order valence-corrected chi connectivity index (χ4v) is 3.39. The Hall–Kier alpha value is -2.34. The quantitative estimate of drug-likeness (QED) is 0.858. The third-order valence-corrected chi connectivity index (χ3v) is 4.68. The molecule has 1 aliphatic rings. The maximum Gasteiger partial charge on any atom is 0.264 e. The number of thioether (sulfide) groups is 1. The Bertz CT molecular complexity index is 852. The Morgan fingerprint density at radius 2 is 2.09 bits per heavy atom. The molecular weight excluding hydrogens is 313 g/mol. The van der Waals surface area contributed by atoms with Crippen molar-refractivity contribution >= 4 is 28.9 Å². The third-order valence-electron chi connectivity index (χ3n) is 3.68. The molecule has 2 heterocycles. The van der Waals surface area contributed by atoms with E-state index in [0.717, 1.165) is 22.6 Å². The molecule has 23 heavy (non-hydrogen) atoms. The zero-order chi connectivity index (χ0) is 16.6. The largest absolute Gasteiger partial charge is 0.318 e. The average Bonchev–Trinajstić information content (AvgIpc) is 3.00. The van der Waals surface area contributed by atoms with Crippen LogP contribution in [-0.4, -0.2) is 22.7 Å². The number of carbonyl (C=O) groups excluding carboxylic acids is 1. The Morgan fingerprint density at radius 3 is 2.74 bits per heavy atom. The van der Waals surface area contributed by atoms with Crippen molar-refractivity contribution in [3.05, 3.63) is 58.0 Å². The molecule has 1 saturated heterocycles. The van der Waals surface area contributed by atoms with Gasteiger partial charge in [-0.15, -0.1) is 0 Å². The number of nitrogens with zero attached hydrogens (tertiary/aromatic N) is 2. The van der Waals surface area contributed by atoms with Gasteiger partial charge in [0.05, 0.1) is 4.91 Å². The number of aryl methyl sites for hydroxylation is 1. The van der Waals surface area contributed by atoms with Gasteiger partial charge < -0.3 is 9.88 Å². The monoisotopic (exact) mass is 329 g/mol. The van der Waals surface area contributed by atoms with Crippen LogP contribution in [0.5, 0.6) is 0 Å². The van der Waals surface area contributed by atoms with Crippen LogP contribution in [-0.2, 0) is 4.79 Å². The molecule has 4 nitrogen and oxygen atoms in total. The second-order valence-corrected chi connectivity index (χ2v) is 6.27. The van der Waals surface area contributed by atoms with Crippen molar-refractivity contribution in [3.8, 4) is 5.69 Å². The van der Waals surface area contributed by atoms with Crippen LogP contribution in [0, 0.1) is 19.7 Å². The summed E-state index contributed by atoms with van der Waals surface area (Å²) in [5, 5.41) is 3.30. The minimum absolute atomic E-state index is 0.147. The lowest BCUT2D eigenvalue weighted by Crippen LogP contribution is -2.19. The standard InChI is InChI=1S/C17H16FN3OS/c1-10-7-12(8-15-16(22)20-17(19-3)23-15)11(2)21(10)14-6-4-5-13(18)9-14/h4-9H,1-3H3,(H,19,20,22)/b15-8+. The number of benzene rings is 1. The first-order valence-corrected chi connectivity index (χ1v) is 7.94. The molecule has 2 aromatic rings. The van der Waals surface area contributed by atoms with Gasteiger partial charge in [0.25, 0.3) is 5.91 Å². The van der Waals surface area contributed by atoms with E-state index in [2.05, 4.69) is 10.3 Å². The minimum Gasteiger partial charge on any atom is -0.318 e. The summed E-state index contributed by atoms with van der Waals surface area (Å²) in [6.07, 6.45) is 1.84. The van der Waals surface area contributed by atoms with Gasteiger partial charge in [-0.25, -0.2) is 4.39 Å². The number of amidine groups is 1. The number of hydrogen-bond acceptors (Lipinski definition) is 3. The van der Waals surface area contributed by atoms with Gasteiger partial charge in [-0.05, 0) is 61.5 Å². The number of halogens is 1. The summed E-state index contributed by atoms with van der Waals surface area (Å²) in [5.41, 5.74) is 3.63. The first-order chi connectivity index (χ1) is 11.0. The molecule has 118 valence electrons. The maximum absolute atomic E-state index is 13.5. The molecule has 0 saturated carbocycles. The Balaban J connectivity index is 2.04. The van der Waals surface area contributed by atoms with Crippen LogP contribution in [0.3, 0.4) is 0 Å². The molecule has 0 unspecified atom stereocenters. The van der Waals surface area contributed by atoms with Crippen molar-refractivity contribution < 1.29 is 9.18 Å². The highest BCUT2D eigenvalue weighted by molar-refractivity contribution is 8.18. The topological polar surface area (TPSA) is 46.4 Å². The highest BCUT2D eigenvalue weighted by Gasteiger charge is 2.23.